The Kier molecular flexibility index (Phi) is 4.42. The van der Waals surface area contributed by atoms with Crippen molar-refractivity contribution in [2.45, 2.75) is 24.3 Å². The number of nitrogen functional groups attached to an aromatic ring is 1. The number of sulfonamides is 1. The summed E-state index contributed by atoms with van der Waals surface area (Å²) in [6, 6.07) is 5.38. The van der Waals surface area contributed by atoms with Crippen molar-refractivity contribution in [1.82, 2.24) is 4.72 Å². The molecule has 7 heteroatoms. The molecule has 0 amide bonds. The highest BCUT2D eigenvalue weighted by Gasteiger charge is 2.24. The van der Waals surface area contributed by atoms with Crippen molar-refractivity contribution in [3.8, 4) is 0 Å². The van der Waals surface area contributed by atoms with E-state index in [1.807, 2.05) is 16.8 Å². The molecule has 20 heavy (non-hydrogen) atoms. The zero-order valence-electron chi connectivity index (χ0n) is 10.8. The highest BCUT2D eigenvalue weighted by atomic mass is 32.2. The second-order valence-corrected chi connectivity index (χ2v) is 6.95. The predicted molar refractivity (Wildman–Crippen MR) is 78.6 cm³/mol. The van der Waals surface area contributed by atoms with E-state index in [-0.39, 0.29) is 11.7 Å². The molecule has 0 bridgehead atoms. The zero-order chi connectivity index (χ0) is 14.8. The van der Waals surface area contributed by atoms with Crippen LogP contribution in [0.4, 0.5) is 10.1 Å². The molecule has 108 valence electrons. The number of thiophene rings is 1. The molecule has 0 saturated carbocycles. The van der Waals surface area contributed by atoms with Crippen LogP contribution < -0.4 is 10.5 Å². The number of halogens is 1. The summed E-state index contributed by atoms with van der Waals surface area (Å²) in [4.78, 5) is -0.489. The third kappa shape index (κ3) is 3.36. The summed E-state index contributed by atoms with van der Waals surface area (Å²) >= 11 is 1.54. The molecule has 1 aromatic carbocycles. The van der Waals surface area contributed by atoms with Crippen LogP contribution in [-0.2, 0) is 16.4 Å². The molecule has 2 rings (SSSR count). The van der Waals surface area contributed by atoms with Gasteiger partial charge >= 0.3 is 0 Å². The minimum Gasteiger partial charge on any atom is -0.398 e. The van der Waals surface area contributed by atoms with E-state index in [0.717, 1.165) is 11.6 Å². The Morgan fingerprint density at radius 3 is 2.75 bits per heavy atom. The number of anilines is 1. The molecule has 0 aliphatic carbocycles. The van der Waals surface area contributed by atoms with Crippen LogP contribution in [0.3, 0.4) is 0 Å². The van der Waals surface area contributed by atoms with E-state index in [1.54, 1.807) is 18.3 Å². The van der Waals surface area contributed by atoms with Crippen LogP contribution in [0.5, 0.6) is 0 Å². The van der Waals surface area contributed by atoms with Gasteiger partial charge in [0.05, 0.1) is 5.69 Å². The molecular formula is C13H15FN2O2S2. The number of nitrogens with one attached hydrogen (secondary N) is 1. The van der Waals surface area contributed by atoms with Gasteiger partial charge in [-0.05, 0) is 47.9 Å². The summed E-state index contributed by atoms with van der Waals surface area (Å²) in [7, 11) is -3.97. The van der Waals surface area contributed by atoms with Crippen LogP contribution in [-0.4, -0.2) is 14.5 Å². The molecule has 0 spiro atoms. The van der Waals surface area contributed by atoms with Crippen molar-refractivity contribution in [3.63, 3.8) is 0 Å². The van der Waals surface area contributed by atoms with Crippen LogP contribution >= 0.6 is 11.3 Å². The Balaban J connectivity index is 2.19. The van der Waals surface area contributed by atoms with E-state index in [1.165, 1.54) is 12.1 Å². The number of nitrogens with two attached hydrogens (primary N) is 1. The topological polar surface area (TPSA) is 72.2 Å². The molecule has 1 aromatic heterocycles. The third-order valence-electron chi connectivity index (χ3n) is 2.74. The largest absolute Gasteiger partial charge is 0.398 e. The first-order chi connectivity index (χ1) is 9.40. The van der Waals surface area contributed by atoms with Gasteiger partial charge in [0.1, 0.15) is 10.7 Å². The molecule has 0 radical (unpaired) electrons. The summed E-state index contributed by atoms with van der Waals surface area (Å²) in [6.07, 6.45) is 0.539. The van der Waals surface area contributed by atoms with Crippen molar-refractivity contribution in [2.75, 3.05) is 5.73 Å². The average Bonchev–Trinajstić information content (AvgIpc) is 2.79. The maximum absolute atomic E-state index is 13.7. The van der Waals surface area contributed by atoms with Gasteiger partial charge in [0.2, 0.25) is 10.0 Å². The van der Waals surface area contributed by atoms with Gasteiger partial charge in [0.15, 0.2) is 0 Å². The lowest BCUT2D eigenvalue weighted by molar-refractivity contribution is 0.543. The lowest BCUT2D eigenvalue weighted by Gasteiger charge is -2.15. The van der Waals surface area contributed by atoms with Gasteiger partial charge in [-0.2, -0.15) is 11.3 Å². The normalized spacial score (nSPS) is 13.3. The molecule has 0 aliphatic rings. The molecule has 0 saturated heterocycles. The van der Waals surface area contributed by atoms with Crippen molar-refractivity contribution in [3.05, 3.63) is 46.4 Å². The van der Waals surface area contributed by atoms with Gasteiger partial charge in [0.25, 0.3) is 0 Å². The summed E-state index contributed by atoms with van der Waals surface area (Å²) in [5, 5.41) is 3.87. The van der Waals surface area contributed by atoms with Gasteiger partial charge in [-0.3, -0.25) is 0 Å². The maximum Gasteiger partial charge on any atom is 0.245 e. The van der Waals surface area contributed by atoms with E-state index >= 15 is 0 Å². The Bertz CT molecular complexity index is 664. The first-order valence-corrected chi connectivity index (χ1v) is 8.40. The fraction of sp³-hybridized carbons (Fsp3) is 0.231. The molecule has 0 aliphatic heterocycles. The fourth-order valence-corrected chi connectivity index (χ4v) is 4.05. The van der Waals surface area contributed by atoms with Gasteiger partial charge in [-0.1, -0.05) is 6.07 Å². The highest BCUT2D eigenvalue weighted by Crippen LogP contribution is 2.22. The van der Waals surface area contributed by atoms with E-state index < -0.39 is 20.7 Å². The number of hydrogen-bond acceptors (Lipinski definition) is 4. The average molecular weight is 314 g/mol. The van der Waals surface area contributed by atoms with Gasteiger partial charge in [-0.25, -0.2) is 17.5 Å². The Morgan fingerprint density at radius 2 is 2.15 bits per heavy atom. The van der Waals surface area contributed by atoms with Gasteiger partial charge < -0.3 is 5.73 Å². The predicted octanol–water partition coefficient (Wildman–Crippen LogP) is 2.38. The van der Waals surface area contributed by atoms with Crippen molar-refractivity contribution >= 4 is 27.0 Å². The van der Waals surface area contributed by atoms with Crippen molar-refractivity contribution in [1.29, 1.82) is 0 Å². The number of hydrogen-bond donors (Lipinski definition) is 2. The minimum absolute atomic E-state index is 0.0970. The first-order valence-electron chi connectivity index (χ1n) is 5.97. The lowest BCUT2D eigenvalue weighted by atomic mass is 10.1. The summed E-state index contributed by atoms with van der Waals surface area (Å²) in [6.45, 7) is 1.73. The Hall–Kier alpha value is -1.44. The van der Waals surface area contributed by atoms with Crippen LogP contribution in [0, 0.1) is 5.82 Å². The first kappa shape index (κ1) is 15.0. The van der Waals surface area contributed by atoms with Crippen molar-refractivity contribution < 1.29 is 12.8 Å². The van der Waals surface area contributed by atoms with E-state index in [4.69, 9.17) is 5.73 Å². The van der Waals surface area contributed by atoms with Crippen LogP contribution in [0.2, 0.25) is 0 Å². The molecule has 1 heterocycles. The van der Waals surface area contributed by atoms with Crippen LogP contribution in [0.25, 0.3) is 0 Å². The quantitative estimate of drug-likeness (QED) is 0.832. The maximum atomic E-state index is 13.7. The summed E-state index contributed by atoms with van der Waals surface area (Å²) in [5.74, 6) is -0.847. The standard InChI is InChI=1S/C13H15FN2O2S2/c1-9(7-10-5-6-19-8-10)16-20(17,18)13-11(14)3-2-4-12(13)15/h2-6,8-9,16H,7,15H2,1H3. The molecule has 1 unspecified atom stereocenters. The molecular weight excluding hydrogens is 299 g/mol. The summed E-state index contributed by atoms with van der Waals surface area (Å²) < 4.78 is 40.5. The smallest absolute Gasteiger partial charge is 0.245 e. The minimum atomic E-state index is -3.97. The molecule has 0 fully saturated rings. The molecule has 2 aromatic rings. The Labute approximate surface area is 121 Å². The van der Waals surface area contributed by atoms with Crippen LogP contribution in [0.1, 0.15) is 12.5 Å². The van der Waals surface area contributed by atoms with Crippen molar-refractivity contribution in [2.24, 2.45) is 0 Å². The SMILES string of the molecule is CC(Cc1ccsc1)NS(=O)(=O)c1c(N)cccc1F. The lowest BCUT2D eigenvalue weighted by Crippen LogP contribution is -2.34. The molecule has 1 atom stereocenters. The third-order valence-corrected chi connectivity index (χ3v) is 5.16. The number of rotatable bonds is 5. The zero-order valence-corrected chi connectivity index (χ0v) is 12.5. The second kappa shape index (κ2) is 5.90. The monoisotopic (exact) mass is 314 g/mol. The van der Waals surface area contributed by atoms with E-state index in [9.17, 15) is 12.8 Å². The molecule has 3 N–H and O–H groups in total. The fourth-order valence-electron chi connectivity index (χ4n) is 1.94. The van der Waals surface area contributed by atoms with Gasteiger partial charge in [0, 0.05) is 6.04 Å². The summed E-state index contributed by atoms with van der Waals surface area (Å²) in [5.41, 5.74) is 6.50. The van der Waals surface area contributed by atoms with Crippen LogP contribution in [0.15, 0.2) is 39.9 Å². The van der Waals surface area contributed by atoms with E-state index in [2.05, 4.69) is 4.72 Å². The Morgan fingerprint density at radius 1 is 1.40 bits per heavy atom. The van der Waals surface area contributed by atoms with Gasteiger partial charge in [-0.15, -0.1) is 0 Å². The highest BCUT2D eigenvalue weighted by molar-refractivity contribution is 7.89. The second-order valence-electron chi connectivity index (χ2n) is 4.52. The number of benzene rings is 1. The van der Waals surface area contributed by atoms with E-state index in [0.29, 0.717) is 6.42 Å². The molecule has 4 nitrogen and oxygen atoms in total.